The Kier molecular flexibility index (Phi) is 3.25. The van der Waals surface area contributed by atoms with Crippen molar-refractivity contribution >= 4 is 10.0 Å². The summed E-state index contributed by atoms with van der Waals surface area (Å²) in [5.41, 5.74) is 5.43. The van der Waals surface area contributed by atoms with Gasteiger partial charge in [-0.15, -0.1) is 0 Å². The molecule has 0 aromatic heterocycles. The minimum Gasteiger partial charge on any atom is -0.330 e. The molecule has 0 saturated carbocycles. The highest BCUT2D eigenvalue weighted by molar-refractivity contribution is 7.89. The average molecular weight is 203 g/mol. The zero-order valence-electron chi connectivity index (χ0n) is 7.31. The molecule has 1 heterocycles. The number of rotatable bonds is 3. The van der Waals surface area contributed by atoms with Crippen molar-refractivity contribution in [1.29, 1.82) is 5.26 Å². The molecule has 1 aliphatic heterocycles. The van der Waals surface area contributed by atoms with E-state index in [0.717, 1.165) is 6.42 Å². The van der Waals surface area contributed by atoms with Gasteiger partial charge >= 0.3 is 0 Å². The lowest BCUT2D eigenvalue weighted by atomic mass is 10.1. The summed E-state index contributed by atoms with van der Waals surface area (Å²) in [6, 6.07) is 1.66. The van der Waals surface area contributed by atoms with Crippen LogP contribution in [0.25, 0.3) is 0 Å². The quantitative estimate of drug-likeness (QED) is 0.645. The summed E-state index contributed by atoms with van der Waals surface area (Å²) in [5.74, 6) is -0.168. The Labute approximate surface area is 78.2 Å². The third-order valence-electron chi connectivity index (χ3n) is 2.22. The van der Waals surface area contributed by atoms with Gasteiger partial charge in [-0.05, 0) is 18.9 Å². The van der Waals surface area contributed by atoms with Crippen molar-refractivity contribution in [2.75, 3.05) is 25.4 Å². The van der Waals surface area contributed by atoms with E-state index in [1.165, 1.54) is 4.31 Å². The van der Waals surface area contributed by atoms with Crippen LogP contribution in [-0.4, -0.2) is 38.1 Å². The molecule has 0 aromatic rings. The molecule has 0 aliphatic carbocycles. The maximum atomic E-state index is 11.4. The molecule has 0 spiro atoms. The first-order chi connectivity index (χ1) is 6.10. The van der Waals surface area contributed by atoms with Crippen LogP contribution in [0, 0.1) is 17.2 Å². The topological polar surface area (TPSA) is 87.2 Å². The van der Waals surface area contributed by atoms with Crippen molar-refractivity contribution in [3.63, 3.8) is 0 Å². The Balaban J connectivity index is 2.61. The van der Waals surface area contributed by atoms with Gasteiger partial charge in [-0.1, -0.05) is 0 Å². The van der Waals surface area contributed by atoms with Crippen molar-refractivity contribution in [2.45, 2.75) is 6.42 Å². The Morgan fingerprint density at radius 1 is 1.62 bits per heavy atom. The monoisotopic (exact) mass is 203 g/mol. The van der Waals surface area contributed by atoms with Crippen LogP contribution < -0.4 is 5.73 Å². The second-order valence-electron chi connectivity index (χ2n) is 3.16. The zero-order valence-corrected chi connectivity index (χ0v) is 8.13. The van der Waals surface area contributed by atoms with Crippen molar-refractivity contribution in [1.82, 2.24) is 4.31 Å². The molecule has 0 bridgehead atoms. The number of sulfonamides is 1. The van der Waals surface area contributed by atoms with E-state index in [1.807, 2.05) is 0 Å². The van der Waals surface area contributed by atoms with Crippen molar-refractivity contribution < 1.29 is 8.42 Å². The first-order valence-corrected chi connectivity index (χ1v) is 5.76. The number of hydrogen-bond donors (Lipinski definition) is 1. The first kappa shape index (κ1) is 10.4. The summed E-state index contributed by atoms with van der Waals surface area (Å²) in [6.07, 6.45) is 0.807. The molecule has 1 saturated heterocycles. The maximum absolute atomic E-state index is 11.4. The predicted molar refractivity (Wildman–Crippen MR) is 48.1 cm³/mol. The molecule has 6 heteroatoms. The highest BCUT2D eigenvalue weighted by atomic mass is 32.2. The molecule has 0 amide bonds. The normalized spacial score (nSPS) is 24.5. The van der Waals surface area contributed by atoms with Crippen LogP contribution in [0.3, 0.4) is 0 Å². The molecule has 1 unspecified atom stereocenters. The molecule has 1 aliphatic rings. The van der Waals surface area contributed by atoms with Gasteiger partial charge < -0.3 is 5.73 Å². The van der Waals surface area contributed by atoms with E-state index in [2.05, 4.69) is 0 Å². The molecule has 74 valence electrons. The summed E-state index contributed by atoms with van der Waals surface area (Å²) in [4.78, 5) is 0. The second kappa shape index (κ2) is 4.05. The van der Waals surface area contributed by atoms with Crippen LogP contribution in [0.2, 0.25) is 0 Å². The molecule has 13 heavy (non-hydrogen) atoms. The summed E-state index contributed by atoms with van der Waals surface area (Å²) < 4.78 is 24.1. The smallest absolute Gasteiger partial charge is 0.227 e. The number of nitrogens with two attached hydrogens (primary N) is 1. The minimum atomic E-state index is -3.34. The highest BCUT2D eigenvalue weighted by Gasteiger charge is 2.30. The fourth-order valence-corrected chi connectivity index (χ4v) is 2.58. The van der Waals surface area contributed by atoms with Gasteiger partial charge in [0.15, 0.2) is 5.75 Å². The van der Waals surface area contributed by atoms with Gasteiger partial charge in [-0.2, -0.15) is 5.26 Å². The first-order valence-electron chi connectivity index (χ1n) is 4.15. The fourth-order valence-electron chi connectivity index (χ4n) is 1.42. The predicted octanol–water partition coefficient (Wildman–Crippen LogP) is -0.880. The molecular formula is C7H13N3O2S. The zero-order chi connectivity index (χ0) is 9.90. The molecule has 1 rings (SSSR count). The lowest BCUT2D eigenvalue weighted by molar-refractivity contribution is 0.461. The Morgan fingerprint density at radius 3 is 2.77 bits per heavy atom. The van der Waals surface area contributed by atoms with Gasteiger partial charge in [0, 0.05) is 13.1 Å². The largest absolute Gasteiger partial charge is 0.330 e. The van der Waals surface area contributed by atoms with Gasteiger partial charge in [-0.3, -0.25) is 0 Å². The van der Waals surface area contributed by atoms with E-state index in [4.69, 9.17) is 11.0 Å². The van der Waals surface area contributed by atoms with E-state index < -0.39 is 15.8 Å². The molecule has 1 atom stereocenters. The van der Waals surface area contributed by atoms with Crippen molar-refractivity contribution in [3.05, 3.63) is 0 Å². The lowest BCUT2D eigenvalue weighted by Gasteiger charge is -2.13. The van der Waals surface area contributed by atoms with Gasteiger partial charge in [-0.25, -0.2) is 12.7 Å². The van der Waals surface area contributed by atoms with Gasteiger partial charge in [0.25, 0.3) is 0 Å². The van der Waals surface area contributed by atoms with E-state index in [0.29, 0.717) is 19.6 Å². The van der Waals surface area contributed by atoms with Crippen LogP contribution >= 0.6 is 0 Å². The minimum absolute atomic E-state index is 0.258. The van der Waals surface area contributed by atoms with Gasteiger partial charge in [0.05, 0.1) is 6.07 Å². The van der Waals surface area contributed by atoms with Crippen molar-refractivity contribution in [3.8, 4) is 6.07 Å². The van der Waals surface area contributed by atoms with E-state index >= 15 is 0 Å². The molecule has 0 radical (unpaired) electrons. The second-order valence-corrected chi connectivity index (χ2v) is 5.13. The van der Waals surface area contributed by atoms with E-state index in [9.17, 15) is 8.42 Å². The number of nitrogens with zero attached hydrogens (tertiary/aromatic N) is 2. The number of hydrogen-bond acceptors (Lipinski definition) is 4. The standard InChI is InChI=1S/C7H13N3O2S/c8-2-4-13(11,12)10-3-1-7(5-9)6-10/h7H,1,3-6,9H2. The summed E-state index contributed by atoms with van der Waals surface area (Å²) in [7, 11) is -3.34. The van der Waals surface area contributed by atoms with E-state index in [-0.39, 0.29) is 5.92 Å². The molecule has 0 aromatic carbocycles. The SMILES string of the molecule is N#CCS(=O)(=O)N1CCC(CN)C1. The molecule has 5 nitrogen and oxygen atoms in total. The fraction of sp³-hybridized carbons (Fsp3) is 0.857. The molecular weight excluding hydrogens is 190 g/mol. The Bertz CT molecular complexity index is 306. The third kappa shape index (κ3) is 2.40. The van der Waals surface area contributed by atoms with Crippen molar-refractivity contribution in [2.24, 2.45) is 11.7 Å². The van der Waals surface area contributed by atoms with Gasteiger partial charge in [0.2, 0.25) is 10.0 Å². The highest BCUT2D eigenvalue weighted by Crippen LogP contribution is 2.18. The Hall–Kier alpha value is -0.640. The summed E-state index contributed by atoms with van der Waals surface area (Å²) >= 11 is 0. The van der Waals surface area contributed by atoms with Crippen LogP contribution in [0.15, 0.2) is 0 Å². The number of nitriles is 1. The van der Waals surface area contributed by atoms with Crippen LogP contribution in [0.4, 0.5) is 0 Å². The van der Waals surface area contributed by atoms with Gasteiger partial charge in [0.1, 0.15) is 0 Å². The van der Waals surface area contributed by atoms with Crippen LogP contribution in [0.1, 0.15) is 6.42 Å². The molecule has 1 fully saturated rings. The summed E-state index contributed by atoms with van der Waals surface area (Å²) in [6.45, 7) is 1.49. The van der Waals surface area contributed by atoms with E-state index in [1.54, 1.807) is 6.07 Å². The van der Waals surface area contributed by atoms with Crippen LogP contribution in [-0.2, 0) is 10.0 Å². The Morgan fingerprint density at radius 2 is 2.31 bits per heavy atom. The lowest BCUT2D eigenvalue weighted by Crippen LogP contribution is -2.31. The average Bonchev–Trinajstić information content (AvgIpc) is 2.52. The maximum Gasteiger partial charge on any atom is 0.227 e. The van der Waals surface area contributed by atoms with Crippen LogP contribution in [0.5, 0.6) is 0 Å². The molecule has 2 N–H and O–H groups in total. The summed E-state index contributed by atoms with van der Waals surface area (Å²) in [5, 5.41) is 8.30. The third-order valence-corrected chi connectivity index (χ3v) is 3.83.